The number of hydrazone groups is 1. The van der Waals surface area contributed by atoms with Gasteiger partial charge in [0.25, 0.3) is 0 Å². The molecule has 0 aromatic heterocycles. The summed E-state index contributed by atoms with van der Waals surface area (Å²) in [4.78, 5) is 0. The van der Waals surface area contributed by atoms with E-state index in [0.29, 0.717) is 5.11 Å². The molecule has 0 unspecified atom stereocenters. The summed E-state index contributed by atoms with van der Waals surface area (Å²) in [5.41, 5.74) is 5.22. The van der Waals surface area contributed by atoms with Gasteiger partial charge in [0.15, 0.2) is 5.11 Å². The van der Waals surface area contributed by atoms with Crippen LogP contribution in [0.15, 0.2) is 5.10 Å². The second-order valence-electron chi connectivity index (χ2n) is 1.57. The van der Waals surface area contributed by atoms with Crippen molar-refractivity contribution in [1.29, 1.82) is 0 Å². The molecule has 0 bridgehead atoms. The summed E-state index contributed by atoms with van der Waals surface area (Å²) in [5, 5.41) is 5.63. The maximum atomic E-state index is 5.22. The number of thiocarbonyl (C=S) groups is 1. The molecule has 0 aliphatic rings. The largest absolute Gasteiger partial charge is 0.375 e. The lowest BCUT2D eigenvalue weighted by Gasteiger charge is -2.07. The predicted octanol–water partition coefficient (Wildman–Crippen LogP) is 0.558. The normalized spacial score (nSPS) is 10.0. The highest BCUT2D eigenvalue weighted by Gasteiger charge is 1.90. The predicted molar refractivity (Wildman–Crippen MR) is 43.3 cm³/mol. The van der Waals surface area contributed by atoms with Crippen molar-refractivity contribution in [3.8, 4) is 0 Å². The van der Waals surface area contributed by atoms with E-state index < -0.39 is 0 Å². The number of nitrogens with zero attached hydrogens (tertiary/aromatic N) is 2. The molecule has 0 radical (unpaired) electrons. The van der Waals surface area contributed by atoms with E-state index in [1.54, 1.807) is 13.3 Å². The molecule has 3 nitrogen and oxygen atoms in total. The van der Waals surface area contributed by atoms with Crippen molar-refractivity contribution < 1.29 is 0 Å². The van der Waals surface area contributed by atoms with Crippen LogP contribution < -0.4 is 5.73 Å². The average molecular weight is 145 g/mol. The standard InChI is InChI=1S/C5H11N3S/c1-3-4-7-8(2)5(6)9/h4H,3H2,1-2H3,(H2,6,9)/b7-4+. The third-order valence-corrected chi connectivity index (χ3v) is 1.02. The van der Waals surface area contributed by atoms with Crippen LogP contribution in [-0.2, 0) is 0 Å². The van der Waals surface area contributed by atoms with E-state index in [9.17, 15) is 0 Å². The Morgan fingerprint density at radius 1 is 1.89 bits per heavy atom. The van der Waals surface area contributed by atoms with Crippen LogP contribution in [0.5, 0.6) is 0 Å². The first-order valence-electron chi connectivity index (χ1n) is 2.74. The van der Waals surface area contributed by atoms with Gasteiger partial charge < -0.3 is 5.73 Å². The zero-order valence-electron chi connectivity index (χ0n) is 5.66. The minimum atomic E-state index is 0.291. The Balaban J connectivity index is 3.62. The molecule has 0 heterocycles. The van der Waals surface area contributed by atoms with Crippen LogP contribution in [-0.4, -0.2) is 23.4 Å². The molecule has 0 aromatic carbocycles. The number of rotatable bonds is 2. The molecule has 0 aliphatic carbocycles. The van der Waals surface area contributed by atoms with E-state index in [4.69, 9.17) is 5.73 Å². The molecule has 0 aromatic rings. The minimum Gasteiger partial charge on any atom is -0.375 e. The summed E-state index contributed by atoms with van der Waals surface area (Å²) in [6.07, 6.45) is 2.64. The zero-order chi connectivity index (χ0) is 7.28. The van der Waals surface area contributed by atoms with Gasteiger partial charge in [-0.1, -0.05) is 6.92 Å². The molecular weight excluding hydrogens is 134 g/mol. The van der Waals surface area contributed by atoms with Gasteiger partial charge in [0.05, 0.1) is 0 Å². The van der Waals surface area contributed by atoms with Crippen molar-refractivity contribution in [2.24, 2.45) is 10.8 Å². The highest BCUT2D eigenvalue weighted by molar-refractivity contribution is 7.80. The lowest BCUT2D eigenvalue weighted by Crippen LogP contribution is -2.26. The Bertz CT molecular complexity index is 121. The molecule has 0 spiro atoms. The molecule has 0 amide bonds. The topological polar surface area (TPSA) is 41.6 Å². The van der Waals surface area contributed by atoms with E-state index in [0.717, 1.165) is 6.42 Å². The van der Waals surface area contributed by atoms with Crippen molar-refractivity contribution in [2.45, 2.75) is 13.3 Å². The molecule has 0 fully saturated rings. The van der Waals surface area contributed by atoms with E-state index in [1.165, 1.54) is 5.01 Å². The quantitative estimate of drug-likeness (QED) is 0.350. The second kappa shape index (κ2) is 4.26. The van der Waals surface area contributed by atoms with Gasteiger partial charge in [0.2, 0.25) is 0 Å². The Morgan fingerprint density at radius 2 is 2.44 bits per heavy atom. The van der Waals surface area contributed by atoms with E-state index >= 15 is 0 Å². The second-order valence-corrected chi connectivity index (χ2v) is 1.99. The van der Waals surface area contributed by atoms with Gasteiger partial charge in [-0.05, 0) is 18.6 Å². The molecule has 0 saturated carbocycles. The van der Waals surface area contributed by atoms with Crippen molar-refractivity contribution in [2.75, 3.05) is 7.05 Å². The van der Waals surface area contributed by atoms with Gasteiger partial charge in [-0.15, -0.1) is 0 Å². The molecule has 52 valence electrons. The molecular formula is C5H11N3S. The first-order valence-corrected chi connectivity index (χ1v) is 3.15. The lowest BCUT2D eigenvalue weighted by molar-refractivity contribution is 0.550. The van der Waals surface area contributed by atoms with Gasteiger partial charge in [-0.2, -0.15) is 5.10 Å². The van der Waals surface area contributed by atoms with Gasteiger partial charge >= 0.3 is 0 Å². The smallest absolute Gasteiger partial charge is 0.186 e. The van der Waals surface area contributed by atoms with Gasteiger partial charge in [-0.25, -0.2) is 5.01 Å². The summed E-state index contributed by atoms with van der Waals surface area (Å²) >= 11 is 4.62. The monoisotopic (exact) mass is 145 g/mol. The van der Waals surface area contributed by atoms with E-state index in [1.807, 2.05) is 6.92 Å². The average Bonchev–Trinajstić information content (AvgIpc) is 1.82. The van der Waals surface area contributed by atoms with Crippen LogP contribution >= 0.6 is 12.2 Å². The summed E-state index contributed by atoms with van der Waals surface area (Å²) in [6, 6.07) is 0. The summed E-state index contributed by atoms with van der Waals surface area (Å²) in [7, 11) is 1.72. The Hall–Kier alpha value is -0.640. The van der Waals surface area contributed by atoms with Crippen LogP contribution in [0.1, 0.15) is 13.3 Å². The number of hydrogen-bond acceptors (Lipinski definition) is 2. The molecule has 4 heteroatoms. The van der Waals surface area contributed by atoms with Gasteiger partial charge in [0.1, 0.15) is 0 Å². The van der Waals surface area contributed by atoms with E-state index in [-0.39, 0.29) is 0 Å². The third kappa shape index (κ3) is 3.90. The lowest BCUT2D eigenvalue weighted by atomic mass is 10.6. The summed E-state index contributed by atoms with van der Waals surface area (Å²) in [5.74, 6) is 0. The molecule has 0 rings (SSSR count). The fraction of sp³-hybridized carbons (Fsp3) is 0.600. The third-order valence-electron chi connectivity index (χ3n) is 0.756. The highest BCUT2D eigenvalue weighted by Crippen LogP contribution is 1.81. The Kier molecular flexibility index (Phi) is 3.96. The van der Waals surface area contributed by atoms with Crippen molar-refractivity contribution >= 4 is 23.5 Å². The number of nitrogens with two attached hydrogens (primary N) is 1. The fourth-order valence-corrected chi connectivity index (χ4v) is 0.308. The molecule has 0 saturated heterocycles. The maximum Gasteiger partial charge on any atom is 0.186 e. The first-order chi connectivity index (χ1) is 4.18. The summed E-state index contributed by atoms with van der Waals surface area (Å²) < 4.78 is 0. The van der Waals surface area contributed by atoms with Crippen molar-refractivity contribution in [1.82, 2.24) is 5.01 Å². The molecule has 0 aliphatic heterocycles. The van der Waals surface area contributed by atoms with Gasteiger partial charge in [-0.3, -0.25) is 0 Å². The van der Waals surface area contributed by atoms with Crippen LogP contribution in [0.3, 0.4) is 0 Å². The minimum absolute atomic E-state index is 0.291. The fourth-order valence-electron chi connectivity index (χ4n) is 0.261. The van der Waals surface area contributed by atoms with Crippen LogP contribution in [0.25, 0.3) is 0 Å². The van der Waals surface area contributed by atoms with Crippen LogP contribution in [0, 0.1) is 0 Å². The maximum absolute atomic E-state index is 5.22. The zero-order valence-corrected chi connectivity index (χ0v) is 6.48. The SMILES string of the molecule is CC/C=N/N(C)C(N)=S. The van der Waals surface area contributed by atoms with Crippen molar-refractivity contribution in [3.05, 3.63) is 0 Å². The van der Waals surface area contributed by atoms with Crippen molar-refractivity contribution in [3.63, 3.8) is 0 Å². The highest BCUT2D eigenvalue weighted by atomic mass is 32.1. The Morgan fingerprint density at radius 3 is 2.78 bits per heavy atom. The molecule has 9 heavy (non-hydrogen) atoms. The molecule has 0 atom stereocenters. The van der Waals surface area contributed by atoms with Crippen LogP contribution in [0.4, 0.5) is 0 Å². The summed E-state index contributed by atoms with van der Waals surface area (Å²) in [6.45, 7) is 2.00. The molecule has 2 N–H and O–H groups in total. The first kappa shape index (κ1) is 8.36. The van der Waals surface area contributed by atoms with E-state index in [2.05, 4.69) is 17.3 Å². The van der Waals surface area contributed by atoms with Crippen LogP contribution in [0.2, 0.25) is 0 Å². The number of hydrogen-bond donors (Lipinski definition) is 1. The van der Waals surface area contributed by atoms with Gasteiger partial charge in [0, 0.05) is 13.3 Å². The Labute approximate surface area is 60.5 Å².